The van der Waals surface area contributed by atoms with E-state index >= 15 is 0 Å². The average molecular weight is 255 g/mol. The SMILES string of the molecule is CC1(C)[C@H](C(=O)O)[C@@H]1C(=O)N1CCC[C@@H]1C(=O)O. The molecule has 1 aliphatic heterocycles. The first kappa shape index (κ1) is 12.9. The molecule has 2 aliphatic rings. The van der Waals surface area contributed by atoms with Crippen molar-refractivity contribution in [3.05, 3.63) is 0 Å². The summed E-state index contributed by atoms with van der Waals surface area (Å²) in [7, 11) is 0. The van der Waals surface area contributed by atoms with Gasteiger partial charge in [-0.05, 0) is 18.3 Å². The van der Waals surface area contributed by atoms with Gasteiger partial charge in [0.05, 0.1) is 11.8 Å². The van der Waals surface area contributed by atoms with E-state index in [4.69, 9.17) is 10.2 Å². The monoisotopic (exact) mass is 255 g/mol. The van der Waals surface area contributed by atoms with Crippen LogP contribution in [0.3, 0.4) is 0 Å². The first-order valence-electron chi connectivity index (χ1n) is 6.04. The number of likely N-dealkylation sites (tertiary alicyclic amines) is 1. The van der Waals surface area contributed by atoms with Crippen molar-refractivity contribution >= 4 is 17.8 Å². The molecular weight excluding hydrogens is 238 g/mol. The first-order valence-corrected chi connectivity index (χ1v) is 6.04. The van der Waals surface area contributed by atoms with Gasteiger partial charge in [-0.2, -0.15) is 0 Å². The Kier molecular flexibility index (Phi) is 2.83. The summed E-state index contributed by atoms with van der Waals surface area (Å²) in [4.78, 5) is 35.6. The first-order chi connectivity index (χ1) is 8.28. The second-order valence-corrected chi connectivity index (χ2v) is 5.64. The zero-order valence-corrected chi connectivity index (χ0v) is 10.4. The van der Waals surface area contributed by atoms with Gasteiger partial charge in [0.1, 0.15) is 6.04 Å². The number of carboxylic acid groups (broad SMARTS) is 2. The highest BCUT2D eigenvalue weighted by Gasteiger charge is 2.67. The molecule has 6 heteroatoms. The van der Waals surface area contributed by atoms with Gasteiger partial charge in [-0.25, -0.2) is 4.79 Å². The summed E-state index contributed by atoms with van der Waals surface area (Å²) in [6.07, 6.45) is 1.11. The molecule has 1 amide bonds. The quantitative estimate of drug-likeness (QED) is 0.762. The zero-order valence-electron chi connectivity index (χ0n) is 10.4. The number of carbonyl (C=O) groups excluding carboxylic acids is 1. The van der Waals surface area contributed by atoms with Crippen molar-refractivity contribution in [2.45, 2.75) is 32.7 Å². The van der Waals surface area contributed by atoms with Crippen LogP contribution in [0.2, 0.25) is 0 Å². The number of nitrogens with zero attached hydrogens (tertiary/aromatic N) is 1. The minimum absolute atomic E-state index is 0.322. The molecular formula is C12H17NO5. The lowest BCUT2D eigenvalue weighted by Gasteiger charge is -2.22. The molecule has 1 aliphatic carbocycles. The average Bonchev–Trinajstić information content (AvgIpc) is 2.64. The summed E-state index contributed by atoms with van der Waals surface area (Å²) in [5.74, 6) is -3.59. The highest BCUT2D eigenvalue weighted by atomic mass is 16.4. The summed E-state index contributed by atoms with van der Waals surface area (Å²) < 4.78 is 0. The Bertz CT molecular complexity index is 397. The van der Waals surface area contributed by atoms with Crippen molar-refractivity contribution in [3.63, 3.8) is 0 Å². The van der Waals surface area contributed by atoms with Crippen LogP contribution in [-0.2, 0) is 14.4 Å². The van der Waals surface area contributed by atoms with Crippen LogP contribution in [0.1, 0.15) is 26.7 Å². The molecule has 0 aromatic rings. The number of hydrogen-bond donors (Lipinski definition) is 2. The predicted molar refractivity (Wildman–Crippen MR) is 60.8 cm³/mol. The van der Waals surface area contributed by atoms with Crippen molar-refractivity contribution < 1.29 is 24.6 Å². The molecule has 2 fully saturated rings. The Balaban J connectivity index is 2.14. The topological polar surface area (TPSA) is 94.9 Å². The highest BCUT2D eigenvalue weighted by Crippen LogP contribution is 2.59. The second kappa shape index (κ2) is 3.96. The third-order valence-electron chi connectivity index (χ3n) is 4.18. The third-order valence-corrected chi connectivity index (χ3v) is 4.18. The summed E-state index contributed by atoms with van der Waals surface area (Å²) in [6, 6.07) is -0.789. The van der Waals surface area contributed by atoms with Crippen LogP contribution >= 0.6 is 0 Å². The van der Waals surface area contributed by atoms with Crippen molar-refractivity contribution in [3.8, 4) is 0 Å². The van der Waals surface area contributed by atoms with Crippen molar-refractivity contribution in [2.75, 3.05) is 6.54 Å². The van der Waals surface area contributed by atoms with E-state index in [1.165, 1.54) is 4.90 Å². The van der Waals surface area contributed by atoms with E-state index in [2.05, 4.69) is 0 Å². The Morgan fingerprint density at radius 3 is 2.17 bits per heavy atom. The second-order valence-electron chi connectivity index (χ2n) is 5.64. The van der Waals surface area contributed by atoms with Crippen molar-refractivity contribution in [2.24, 2.45) is 17.3 Å². The standard InChI is InChI=1S/C12H17NO5/c1-12(2)7(8(12)11(17)18)9(14)13-5-3-4-6(13)10(15)16/h6-8H,3-5H2,1-2H3,(H,15,16)(H,17,18)/t6-,7-,8+/m1/s1. The number of carbonyl (C=O) groups is 3. The predicted octanol–water partition coefficient (Wildman–Crippen LogP) is 0.419. The van der Waals surface area contributed by atoms with Gasteiger partial charge < -0.3 is 15.1 Å². The van der Waals surface area contributed by atoms with Gasteiger partial charge in [0.15, 0.2) is 0 Å². The van der Waals surface area contributed by atoms with Crippen LogP contribution in [0, 0.1) is 17.3 Å². The summed E-state index contributed by atoms with van der Waals surface area (Å²) in [6.45, 7) is 3.88. The molecule has 3 atom stereocenters. The fraction of sp³-hybridized carbons (Fsp3) is 0.750. The van der Waals surface area contributed by atoms with Gasteiger partial charge in [-0.3, -0.25) is 9.59 Å². The van der Waals surface area contributed by atoms with E-state index in [-0.39, 0.29) is 5.91 Å². The molecule has 2 N–H and O–H groups in total. The normalized spacial score (nSPS) is 33.2. The maximum atomic E-state index is 12.3. The van der Waals surface area contributed by atoms with Gasteiger partial charge >= 0.3 is 11.9 Å². The van der Waals surface area contributed by atoms with E-state index in [0.29, 0.717) is 19.4 Å². The van der Waals surface area contributed by atoms with Crippen molar-refractivity contribution in [1.82, 2.24) is 4.90 Å². The minimum atomic E-state index is -1.01. The number of rotatable bonds is 3. The molecule has 0 unspecified atom stereocenters. The summed E-state index contributed by atoms with van der Waals surface area (Å²) in [5.41, 5.74) is -0.575. The number of aliphatic carboxylic acids is 2. The molecule has 100 valence electrons. The van der Waals surface area contributed by atoms with Crippen molar-refractivity contribution in [1.29, 1.82) is 0 Å². The third kappa shape index (κ3) is 1.76. The smallest absolute Gasteiger partial charge is 0.326 e. The van der Waals surface area contributed by atoms with Gasteiger partial charge in [0, 0.05) is 6.54 Å². The molecule has 1 heterocycles. The Morgan fingerprint density at radius 2 is 1.72 bits per heavy atom. The van der Waals surface area contributed by atoms with Gasteiger partial charge in [0.25, 0.3) is 0 Å². The lowest BCUT2D eigenvalue weighted by atomic mass is 10.1. The molecule has 0 aromatic heterocycles. The van der Waals surface area contributed by atoms with E-state index in [0.717, 1.165) is 0 Å². The summed E-state index contributed by atoms with van der Waals surface area (Å²) in [5, 5.41) is 18.1. The van der Waals surface area contributed by atoms with Gasteiger partial charge in [0.2, 0.25) is 5.91 Å². The van der Waals surface area contributed by atoms with Gasteiger partial charge in [-0.15, -0.1) is 0 Å². The fourth-order valence-electron chi connectivity index (χ4n) is 3.03. The lowest BCUT2D eigenvalue weighted by Crippen LogP contribution is -2.42. The molecule has 0 radical (unpaired) electrons. The number of hydrogen-bond acceptors (Lipinski definition) is 3. The maximum Gasteiger partial charge on any atom is 0.326 e. The zero-order chi connectivity index (χ0) is 13.7. The molecule has 0 aromatic carbocycles. The largest absolute Gasteiger partial charge is 0.481 e. The number of carboxylic acids is 2. The lowest BCUT2D eigenvalue weighted by molar-refractivity contribution is -0.149. The fourth-order valence-corrected chi connectivity index (χ4v) is 3.03. The maximum absolute atomic E-state index is 12.3. The molecule has 1 saturated heterocycles. The molecule has 18 heavy (non-hydrogen) atoms. The molecule has 0 spiro atoms. The Morgan fingerprint density at radius 1 is 1.11 bits per heavy atom. The van der Waals surface area contributed by atoms with E-state index in [1.807, 2.05) is 0 Å². The molecule has 6 nitrogen and oxygen atoms in total. The van der Waals surface area contributed by atoms with E-state index < -0.39 is 35.2 Å². The molecule has 1 saturated carbocycles. The van der Waals surface area contributed by atoms with Crippen LogP contribution in [0.15, 0.2) is 0 Å². The van der Waals surface area contributed by atoms with E-state index in [1.54, 1.807) is 13.8 Å². The van der Waals surface area contributed by atoms with Crippen LogP contribution in [0.5, 0.6) is 0 Å². The summed E-state index contributed by atoms with van der Waals surface area (Å²) >= 11 is 0. The van der Waals surface area contributed by atoms with Crippen LogP contribution in [-0.4, -0.2) is 45.5 Å². The Hall–Kier alpha value is -1.59. The van der Waals surface area contributed by atoms with Crippen LogP contribution < -0.4 is 0 Å². The highest BCUT2D eigenvalue weighted by molar-refractivity contribution is 5.94. The van der Waals surface area contributed by atoms with Gasteiger partial charge in [-0.1, -0.05) is 13.8 Å². The minimum Gasteiger partial charge on any atom is -0.481 e. The molecule has 0 bridgehead atoms. The molecule has 2 rings (SSSR count). The Labute approximate surface area is 105 Å². The van der Waals surface area contributed by atoms with Crippen LogP contribution in [0.4, 0.5) is 0 Å². The van der Waals surface area contributed by atoms with E-state index in [9.17, 15) is 14.4 Å². The number of amides is 1. The van der Waals surface area contributed by atoms with Crippen LogP contribution in [0.25, 0.3) is 0 Å².